The molecule has 1 fully saturated rings. The molecule has 4 nitrogen and oxygen atoms in total. The van der Waals surface area contributed by atoms with E-state index in [2.05, 4.69) is 37.1 Å². The molecule has 5 heteroatoms. The van der Waals surface area contributed by atoms with E-state index >= 15 is 0 Å². The minimum absolute atomic E-state index is 0.209. The number of rotatable bonds is 3. The Kier molecular flexibility index (Phi) is 3.48. The van der Waals surface area contributed by atoms with E-state index in [1.807, 2.05) is 12.1 Å². The highest BCUT2D eigenvalue weighted by molar-refractivity contribution is 7.80. The van der Waals surface area contributed by atoms with Crippen molar-refractivity contribution in [3.8, 4) is 11.5 Å². The van der Waals surface area contributed by atoms with Crippen LogP contribution in [0.15, 0.2) is 18.2 Å². The van der Waals surface area contributed by atoms with Gasteiger partial charge in [0, 0.05) is 24.6 Å². The van der Waals surface area contributed by atoms with Crippen LogP contribution in [0.3, 0.4) is 0 Å². The molecule has 0 radical (unpaired) electrons. The summed E-state index contributed by atoms with van der Waals surface area (Å²) < 4.78 is 11.6. The molecular weight excluding hydrogens is 284 g/mol. The Balaban J connectivity index is 1.99. The van der Waals surface area contributed by atoms with E-state index in [4.69, 9.17) is 21.7 Å². The van der Waals surface area contributed by atoms with Crippen LogP contribution in [0, 0.1) is 5.92 Å². The third-order valence-corrected chi connectivity index (χ3v) is 4.51. The molecule has 2 aliphatic heterocycles. The Morgan fingerprint density at radius 1 is 1.52 bits per heavy atom. The largest absolute Gasteiger partial charge is 0.497 e. The third kappa shape index (κ3) is 2.44. The molecule has 1 N–H and O–H groups in total. The number of methoxy groups -OCH3 is 1. The topological polar surface area (TPSA) is 33.7 Å². The van der Waals surface area contributed by atoms with Gasteiger partial charge in [-0.3, -0.25) is 0 Å². The van der Waals surface area contributed by atoms with E-state index < -0.39 is 5.72 Å². The van der Waals surface area contributed by atoms with Crippen molar-refractivity contribution < 1.29 is 9.47 Å². The van der Waals surface area contributed by atoms with Crippen LogP contribution in [0.2, 0.25) is 0 Å². The second-order valence-electron chi connectivity index (χ2n) is 6.39. The van der Waals surface area contributed by atoms with Gasteiger partial charge in [-0.1, -0.05) is 13.8 Å². The van der Waals surface area contributed by atoms with Crippen LogP contribution in [0.25, 0.3) is 0 Å². The van der Waals surface area contributed by atoms with E-state index in [0.29, 0.717) is 5.92 Å². The number of hydrogen-bond donors (Lipinski definition) is 1. The highest BCUT2D eigenvalue weighted by Crippen LogP contribution is 2.45. The fourth-order valence-electron chi connectivity index (χ4n) is 3.16. The zero-order valence-electron chi connectivity index (χ0n) is 13.0. The molecule has 2 atom stereocenters. The first-order valence-electron chi connectivity index (χ1n) is 7.38. The van der Waals surface area contributed by atoms with Crippen LogP contribution >= 0.6 is 12.2 Å². The summed E-state index contributed by atoms with van der Waals surface area (Å²) in [5, 5.41) is 4.24. The first kappa shape index (κ1) is 14.4. The first-order valence-corrected chi connectivity index (χ1v) is 7.79. The van der Waals surface area contributed by atoms with Gasteiger partial charge in [0.2, 0.25) is 0 Å². The summed E-state index contributed by atoms with van der Waals surface area (Å²) in [5.74, 6) is 2.22. The standard InChI is InChI=1S/C16H22N2O2S/c1-10(2)9-18-15(21)17-13-8-16(18,3)20-14-7-11(19-4)5-6-12(13)14/h5-7,10,13H,8-9H2,1-4H3,(H,17,21). The smallest absolute Gasteiger partial charge is 0.184 e. The SMILES string of the molecule is COc1ccc2c(c1)OC1(C)CC2NC(=S)N1CC(C)C. The minimum atomic E-state index is -0.392. The van der Waals surface area contributed by atoms with E-state index in [1.54, 1.807) is 7.11 Å². The van der Waals surface area contributed by atoms with Crippen molar-refractivity contribution in [1.29, 1.82) is 0 Å². The second kappa shape index (κ2) is 5.05. The quantitative estimate of drug-likeness (QED) is 0.868. The number of fused-ring (bicyclic) bond motifs is 4. The van der Waals surface area contributed by atoms with E-state index in [0.717, 1.165) is 35.1 Å². The lowest BCUT2D eigenvalue weighted by atomic mass is 9.90. The van der Waals surface area contributed by atoms with Gasteiger partial charge in [0.1, 0.15) is 11.5 Å². The van der Waals surface area contributed by atoms with Crippen LogP contribution in [0.1, 0.15) is 38.8 Å². The average molecular weight is 306 g/mol. The van der Waals surface area contributed by atoms with Crippen LogP contribution in [-0.2, 0) is 0 Å². The van der Waals surface area contributed by atoms with Crippen molar-refractivity contribution in [2.75, 3.05) is 13.7 Å². The fourth-order valence-corrected chi connectivity index (χ4v) is 3.57. The van der Waals surface area contributed by atoms with Gasteiger partial charge in [0.05, 0.1) is 13.2 Å². The molecule has 1 saturated heterocycles. The van der Waals surface area contributed by atoms with Gasteiger partial charge in [-0.25, -0.2) is 0 Å². The highest BCUT2D eigenvalue weighted by Gasteiger charge is 2.47. The highest BCUT2D eigenvalue weighted by atomic mass is 32.1. The zero-order chi connectivity index (χ0) is 15.2. The summed E-state index contributed by atoms with van der Waals surface area (Å²) in [7, 11) is 1.67. The average Bonchev–Trinajstić information content (AvgIpc) is 2.42. The van der Waals surface area contributed by atoms with Crippen LogP contribution < -0.4 is 14.8 Å². The molecule has 1 aromatic carbocycles. The summed E-state index contributed by atoms with van der Waals surface area (Å²) in [6.45, 7) is 7.39. The van der Waals surface area contributed by atoms with Crippen LogP contribution in [0.5, 0.6) is 11.5 Å². The molecule has 0 amide bonds. The molecule has 114 valence electrons. The Morgan fingerprint density at radius 3 is 2.95 bits per heavy atom. The van der Waals surface area contributed by atoms with Crippen molar-refractivity contribution in [3.63, 3.8) is 0 Å². The van der Waals surface area contributed by atoms with Crippen molar-refractivity contribution in [3.05, 3.63) is 23.8 Å². The molecule has 2 unspecified atom stereocenters. The minimum Gasteiger partial charge on any atom is -0.497 e. The second-order valence-corrected chi connectivity index (χ2v) is 6.78. The molecule has 2 bridgehead atoms. The van der Waals surface area contributed by atoms with E-state index in [1.165, 1.54) is 0 Å². The number of hydrogen-bond acceptors (Lipinski definition) is 3. The predicted molar refractivity (Wildman–Crippen MR) is 86.7 cm³/mol. The number of benzene rings is 1. The zero-order valence-corrected chi connectivity index (χ0v) is 13.8. The van der Waals surface area contributed by atoms with Gasteiger partial charge in [-0.2, -0.15) is 0 Å². The molecular formula is C16H22N2O2S. The summed E-state index contributed by atoms with van der Waals surface area (Å²) in [6, 6.07) is 6.20. The van der Waals surface area contributed by atoms with Crippen molar-refractivity contribution in [1.82, 2.24) is 10.2 Å². The molecule has 2 heterocycles. The van der Waals surface area contributed by atoms with Gasteiger partial charge in [0.15, 0.2) is 10.8 Å². The molecule has 3 rings (SSSR count). The molecule has 0 aliphatic carbocycles. The van der Waals surface area contributed by atoms with Gasteiger partial charge >= 0.3 is 0 Å². The first-order chi connectivity index (χ1) is 9.93. The normalized spacial score (nSPS) is 27.0. The van der Waals surface area contributed by atoms with E-state index in [9.17, 15) is 0 Å². The molecule has 0 spiro atoms. The number of nitrogens with zero attached hydrogens (tertiary/aromatic N) is 1. The Bertz CT molecular complexity index is 575. The Morgan fingerprint density at radius 2 is 2.29 bits per heavy atom. The van der Waals surface area contributed by atoms with Crippen LogP contribution in [0.4, 0.5) is 0 Å². The van der Waals surface area contributed by atoms with Crippen LogP contribution in [-0.4, -0.2) is 29.4 Å². The molecule has 21 heavy (non-hydrogen) atoms. The van der Waals surface area contributed by atoms with Gasteiger partial charge in [0.25, 0.3) is 0 Å². The summed E-state index contributed by atoms with van der Waals surface area (Å²) in [4.78, 5) is 2.17. The van der Waals surface area contributed by atoms with Gasteiger partial charge in [-0.05, 0) is 37.2 Å². The predicted octanol–water partition coefficient (Wildman–Crippen LogP) is 3.08. The van der Waals surface area contributed by atoms with Gasteiger partial charge < -0.3 is 19.7 Å². The van der Waals surface area contributed by atoms with Crippen molar-refractivity contribution in [2.45, 2.75) is 39.0 Å². The van der Waals surface area contributed by atoms with Crippen molar-refractivity contribution in [2.24, 2.45) is 5.92 Å². The monoisotopic (exact) mass is 306 g/mol. The lowest BCUT2D eigenvalue weighted by molar-refractivity contribution is -0.0722. The molecule has 0 aromatic heterocycles. The maximum atomic E-state index is 6.34. The Hall–Kier alpha value is -1.49. The maximum Gasteiger partial charge on any atom is 0.184 e. The number of thiocarbonyl (C=S) groups is 1. The lowest BCUT2D eigenvalue weighted by Crippen LogP contribution is -2.65. The lowest BCUT2D eigenvalue weighted by Gasteiger charge is -2.52. The maximum absolute atomic E-state index is 6.34. The summed E-state index contributed by atoms with van der Waals surface area (Å²) in [6.07, 6.45) is 0.888. The molecule has 0 saturated carbocycles. The summed E-state index contributed by atoms with van der Waals surface area (Å²) in [5.41, 5.74) is 0.760. The number of nitrogens with one attached hydrogen (secondary N) is 1. The number of ether oxygens (including phenoxy) is 2. The third-order valence-electron chi connectivity index (χ3n) is 4.17. The molecule has 1 aromatic rings. The Labute approximate surface area is 131 Å². The van der Waals surface area contributed by atoms with Crippen molar-refractivity contribution >= 4 is 17.3 Å². The van der Waals surface area contributed by atoms with E-state index in [-0.39, 0.29) is 6.04 Å². The fraction of sp³-hybridized carbons (Fsp3) is 0.562. The molecule has 2 aliphatic rings. The summed E-state index contributed by atoms with van der Waals surface area (Å²) >= 11 is 5.56. The van der Waals surface area contributed by atoms with Gasteiger partial charge in [-0.15, -0.1) is 0 Å².